The highest BCUT2D eigenvalue weighted by molar-refractivity contribution is 6.24. The molecule has 0 fully saturated rings. The SMILES string of the molecule is CC(=O)OC1=C(C)C(=O)C(OC(C)=O)=C(C(C)C)C1=O. The van der Waals surface area contributed by atoms with Crippen LogP contribution in [-0.4, -0.2) is 23.5 Å². The van der Waals surface area contributed by atoms with Crippen molar-refractivity contribution in [3.63, 3.8) is 0 Å². The van der Waals surface area contributed by atoms with Crippen LogP contribution in [-0.2, 0) is 28.7 Å². The van der Waals surface area contributed by atoms with Crippen molar-refractivity contribution in [2.45, 2.75) is 34.6 Å². The van der Waals surface area contributed by atoms with Crippen LogP contribution in [0.1, 0.15) is 34.6 Å². The number of hydrogen-bond acceptors (Lipinski definition) is 6. The van der Waals surface area contributed by atoms with Crippen molar-refractivity contribution in [3.05, 3.63) is 22.7 Å². The molecule has 0 atom stereocenters. The first-order valence-corrected chi connectivity index (χ1v) is 6.08. The molecule has 0 radical (unpaired) electrons. The molecule has 1 aliphatic rings. The first-order valence-electron chi connectivity index (χ1n) is 6.08. The monoisotopic (exact) mass is 280 g/mol. The van der Waals surface area contributed by atoms with Gasteiger partial charge in [0, 0.05) is 19.4 Å². The van der Waals surface area contributed by atoms with Gasteiger partial charge < -0.3 is 9.47 Å². The van der Waals surface area contributed by atoms with Crippen molar-refractivity contribution in [1.82, 2.24) is 0 Å². The fourth-order valence-electron chi connectivity index (χ4n) is 1.83. The largest absolute Gasteiger partial charge is 0.422 e. The first-order chi connectivity index (χ1) is 9.16. The van der Waals surface area contributed by atoms with E-state index in [1.807, 2.05) is 0 Å². The highest BCUT2D eigenvalue weighted by Gasteiger charge is 2.37. The van der Waals surface area contributed by atoms with E-state index in [2.05, 4.69) is 0 Å². The second kappa shape index (κ2) is 5.81. The Morgan fingerprint density at radius 1 is 0.900 bits per heavy atom. The zero-order chi connectivity index (χ0) is 15.6. The number of carbonyl (C=O) groups is 4. The molecule has 0 saturated heterocycles. The number of Topliss-reactive ketones (excluding diaryl/α,β-unsaturated/α-hetero) is 2. The number of rotatable bonds is 3. The predicted molar refractivity (Wildman–Crippen MR) is 68.1 cm³/mol. The summed E-state index contributed by atoms with van der Waals surface area (Å²) < 4.78 is 9.68. The molecule has 1 aliphatic carbocycles. The van der Waals surface area contributed by atoms with Crippen molar-refractivity contribution in [2.24, 2.45) is 5.92 Å². The Morgan fingerprint density at radius 2 is 1.35 bits per heavy atom. The second-order valence-corrected chi connectivity index (χ2v) is 4.70. The van der Waals surface area contributed by atoms with Gasteiger partial charge in [0.05, 0.1) is 5.57 Å². The molecular weight excluding hydrogens is 264 g/mol. The summed E-state index contributed by atoms with van der Waals surface area (Å²) in [6, 6.07) is 0. The van der Waals surface area contributed by atoms with Gasteiger partial charge >= 0.3 is 11.9 Å². The Balaban J connectivity index is 3.40. The average molecular weight is 280 g/mol. The van der Waals surface area contributed by atoms with Crippen LogP contribution in [0.2, 0.25) is 0 Å². The molecule has 0 aliphatic heterocycles. The molecule has 0 N–H and O–H groups in total. The lowest BCUT2D eigenvalue weighted by atomic mass is 9.87. The third kappa shape index (κ3) is 3.01. The Hall–Kier alpha value is -2.24. The van der Waals surface area contributed by atoms with Gasteiger partial charge in [-0.15, -0.1) is 0 Å². The maximum atomic E-state index is 12.3. The fourth-order valence-corrected chi connectivity index (χ4v) is 1.83. The molecule has 0 heterocycles. The van der Waals surface area contributed by atoms with Crippen LogP contribution in [0.25, 0.3) is 0 Å². The van der Waals surface area contributed by atoms with Crippen LogP contribution < -0.4 is 0 Å². The van der Waals surface area contributed by atoms with Gasteiger partial charge in [-0.3, -0.25) is 19.2 Å². The van der Waals surface area contributed by atoms with Crippen LogP contribution >= 0.6 is 0 Å². The molecule has 0 aromatic rings. The molecule has 0 aromatic heterocycles. The number of carbonyl (C=O) groups excluding carboxylic acids is 4. The number of allylic oxidation sites excluding steroid dienone is 2. The minimum absolute atomic E-state index is 0.0343. The van der Waals surface area contributed by atoms with Crippen molar-refractivity contribution in [1.29, 1.82) is 0 Å². The summed E-state index contributed by atoms with van der Waals surface area (Å²) in [6.45, 7) is 6.98. The Kier molecular flexibility index (Phi) is 4.60. The molecule has 6 nitrogen and oxygen atoms in total. The van der Waals surface area contributed by atoms with Crippen LogP contribution in [0.15, 0.2) is 22.7 Å². The molecule has 0 aromatic carbocycles. The zero-order valence-corrected chi connectivity index (χ0v) is 12.0. The average Bonchev–Trinajstić information content (AvgIpc) is 2.30. The van der Waals surface area contributed by atoms with Gasteiger partial charge in [0.25, 0.3) is 0 Å². The predicted octanol–water partition coefficient (Wildman–Crippen LogP) is 1.45. The summed E-state index contributed by atoms with van der Waals surface area (Å²) in [6.07, 6.45) is 0. The lowest BCUT2D eigenvalue weighted by molar-refractivity contribution is -0.142. The molecule has 0 saturated carbocycles. The van der Waals surface area contributed by atoms with E-state index >= 15 is 0 Å². The summed E-state index contributed by atoms with van der Waals surface area (Å²) in [7, 11) is 0. The van der Waals surface area contributed by atoms with Crippen molar-refractivity contribution in [3.8, 4) is 0 Å². The Bertz CT molecular complexity index is 562. The summed E-state index contributed by atoms with van der Waals surface area (Å²) in [5, 5.41) is 0. The van der Waals surface area contributed by atoms with E-state index in [0.29, 0.717) is 0 Å². The van der Waals surface area contributed by atoms with Gasteiger partial charge in [0.2, 0.25) is 11.6 Å². The van der Waals surface area contributed by atoms with Gasteiger partial charge in [0.1, 0.15) is 0 Å². The van der Waals surface area contributed by atoms with E-state index in [0.717, 1.165) is 13.8 Å². The van der Waals surface area contributed by atoms with E-state index in [4.69, 9.17) is 9.47 Å². The molecule has 20 heavy (non-hydrogen) atoms. The first kappa shape index (κ1) is 15.8. The second-order valence-electron chi connectivity index (χ2n) is 4.70. The van der Waals surface area contributed by atoms with E-state index in [9.17, 15) is 19.2 Å². The van der Waals surface area contributed by atoms with Crippen LogP contribution in [0, 0.1) is 5.92 Å². The van der Waals surface area contributed by atoms with Gasteiger partial charge in [-0.05, 0) is 12.8 Å². The highest BCUT2D eigenvalue weighted by atomic mass is 16.5. The quantitative estimate of drug-likeness (QED) is 0.574. The maximum Gasteiger partial charge on any atom is 0.308 e. The molecule has 108 valence electrons. The summed E-state index contributed by atoms with van der Waals surface area (Å²) in [5.41, 5.74) is -0.0158. The lowest BCUT2D eigenvalue weighted by Crippen LogP contribution is -2.29. The number of ketones is 2. The fraction of sp³-hybridized carbons (Fsp3) is 0.429. The van der Waals surface area contributed by atoms with Crippen LogP contribution in [0.5, 0.6) is 0 Å². The molecule has 1 rings (SSSR count). The minimum Gasteiger partial charge on any atom is -0.422 e. The lowest BCUT2D eigenvalue weighted by Gasteiger charge is -2.22. The van der Waals surface area contributed by atoms with Crippen LogP contribution in [0.4, 0.5) is 0 Å². The highest BCUT2D eigenvalue weighted by Crippen LogP contribution is 2.30. The normalized spacial score (nSPS) is 15.9. The van der Waals surface area contributed by atoms with E-state index in [1.54, 1.807) is 13.8 Å². The van der Waals surface area contributed by atoms with Crippen LogP contribution in [0.3, 0.4) is 0 Å². The standard InChI is InChI=1S/C14H16O6/c1-6(2)10-12(18)13(19-8(4)15)7(3)11(17)14(10)20-9(5)16/h6H,1-5H3. The number of esters is 2. The minimum atomic E-state index is -0.695. The molecule has 0 amide bonds. The number of ether oxygens (including phenoxy) is 2. The van der Waals surface area contributed by atoms with Gasteiger partial charge in [0.15, 0.2) is 11.5 Å². The van der Waals surface area contributed by atoms with Crippen molar-refractivity contribution in [2.75, 3.05) is 0 Å². The molecule has 0 bridgehead atoms. The molecule has 0 unspecified atom stereocenters. The van der Waals surface area contributed by atoms with Gasteiger partial charge in [-0.2, -0.15) is 0 Å². The van der Waals surface area contributed by atoms with E-state index < -0.39 is 23.5 Å². The molecular formula is C14H16O6. The van der Waals surface area contributed by atoms with E-state index in [1.165, 1.54) is 6.92 Å². The zero-order valence-electron chi connectivity index (χ0n) is 12.0. The van der Waals surface area contributed by atoms with Gasteiger partial charge in [-0.25, -0.2) is 0 Å². The van der Waals surface area contributed by atoms with Crippen molar-refractivity contribution < 1.29 is 28.7 Å². The third-order valence-electron chi connectivity index (χ3n) is 2.65. The number of hydrogen-bond donors (Lipinski definition) is 0. The molecule has 6 heteroatoms. The topological polar surface area (TPSA) is 86.7 Å². The maximum absolute atomic E-state index is 12.3. The van der Waals surface area contributed by atoms with Crippen molar-refractivity contribution >= 4 is 23.5 Å². The Labute approximate surface area is 116 Å². The van der Waals surface area contributed by atoms with Gasteiger partial charge in [-0.1, -0.05) is 13.8 Å². The third-order valence-corrected chi connectivity index (χ3v) is 2.65. The summed E-state index contributed by atoms with van der Waals surface area (Å²) in [5.74, 6) is -3.57. The Morgan fingerprint density at radius 3 is 1.75 bits per heavy atom. The summed E-state index contributed by atoms with van der Waals surface area (Å²) in [4.78, 5) is 46.6. The molecule has 0 spiro atoms. The van der Waals surface area contributed by atoms with E-state index in [-0.39, 0.29) is 28.6 Å². The smallest absolute Gasteiger partial charge is 0.308 e. The summed E-state index contributed by atoms with van der Waals surface area (Å²) >= 11 is 0.